The second-order valence-electron chi connectivity index (χ2n) is 11.0. The fourth-order valence-electron chi connectivity index (χ4n) is 5.85. The zero-order valence-electron chi connectivity index (χ0n) is 23.5. The molecule has 3 N–H and O–H groups in total. The summed E-state index contributed by atoms with van der Waals surface area (Å²) >= 11 is 0. The van der Waals surface area contributed by atoms with Gasteiger partial charge < -0.3 is 30.1 Å². The van der Waals surface area contributed by atoms with Crippen molar-refractivity contribution in [3.05, 3.63) is 42.5 Å². The van der Waals surface area contributed by atoms with Crippen molar-refractivity contribution >= 4 is 22.0 Å². The molecule has 3 heterocycles. The molecule has 3 aliphatic heterocycles. The van der Waals surface area contributed by atoms with Crippen molar-refractivity contribution in [3.63, 3.8) is 0 Å². The molecule has 0 unspecified atom stereocenters. The topological polar surface area (TPSA) is 138 Å². The van der Waals surface area contributed by atoms with E-state index in [9.17, 15) is 23.1 Å². The molecule has 3 aliphatic rings. The lowest BCUT2D eigenvalue weighted by Gasteiger charge is -2.43. The molecular formula is C29H38N4O7S. The molecule has 2 aromatic rings. The van der Waals surface area contributed by atoms with Gasteiger partial charge in [0.1, 0.15) is 22.4 Å². The third kappa shape index (κ3) is 6.00. The van der Waals surface area contributed by atoms with E-state index in [0.717, 1.165) is 21.9 Å². The number of carbonyl (C=O) groups is 2. The summed E-state index contributed by atoms with van der Waals surface area (Å²) in [6, 6.07) is 11.2. The van der Waals surface area contributed by atoms with Crippen LogP contribution < -0.4 is 20.1 Å². The van der Waals surface area contributed by atoms with Crippen LogP contribution in [0.3, 0.4) is 0 Å². The van der Waals surface area contributed by atoms with Gasteiger partial charge in [-0.25, -0.2) is 13.2 Å². The number of amides is 3. The Bertz CT molecular complexity index is 1390. The van der Waals surface area contributed by atoms with Gasteiger partial charge >= 0.3 is 6.03 Å². The van der Waals surface area contributed by atoms with Crippen LogP contribution in [0.4, 0.5) is 4.79 Å². The van der Waals surface area contributed by atoms with Crippen LogP contribution in [-0.4, -0.2) is 92.2 Å². The number of aliphatic hydroxyl groups is 1. The van der Waals surface area contributed by atoms with E-state index in [2.05, 4.69) is 10.6 Å². The van der Waals surface area contributed by atoms with Crippen LogP contribution in [0.25, 0.3) is 11.1 Å². The number of benzene rings is 2. The third-order valence-corrected chi connectivity index (χ3v) is 10.1. The van der Waals surface area contributed by atoms with Crippen molar-refractivity contribution < 1.29 is 32.6 Å². The molecule has 222 valence electrons. The number of urea groups is 1. The molecule has 2 aromatic carbocycles. The van der Waals surface area contributed by atoms with Crippen molar-refractivity contribution in [1.82, 2.24) is 19.8 Å². The van der Waals surface area contributed by atoms with E-state index >= 15 is 0 Å². The van der Waals surface area contributed by atoms with Crippen LogP contribution in [0.15, 0.2) is 47.4 Å². The van der Waals surface area contributed by atoms with Crippen LogP contribution in [0.1, 0.15) is 39.0 Å². The predicted molar refractivity (Wildman–Crippen MR) is 152 cm³/mol. The standard InChI is InChI=1S/C29H38N4O7S/c1-3-12-30-28(36)32-13-9-29(10-14-32)11-15-40-25-17-21(20-5-4-6-23(16-20)39-2)7-8-26(25)41(37,38)33-19-22(34)18-24(33)27(35)31-29/h4-8,16-17,22,24,34H,3,9-15,18-19H2,1-2H3,(H,30,36)(H,31,35)/t22-,24+/m1/s1. The summed E-state index contributed by atoms with van der Waals surface area (Å²) in [4.78, 5) is 27.9. The van der Waals surface area contributed by atoms with Crippen LogP contribution in [-0.2, 0) is 14.8 Å². The summed E-state index contributed by atoms with van der Waals surface area (Å²) < 4.78 is 40.5. The van der Waals surface area contributed by atoms with E-state index in [0.29, 0.717) is 44.6 Å². The Morgan fingerprint density at radius 3 is 2.66 bits per heavy atom. The van der Waals surface area contributed by atoms with Crippen LogP contribution in [0.2, 0.25) is 0 Å². The number of aliphatic hydroxyl groups excluding tert-OH is 1. The van der Waals surface area contributed by atoms with Gasteiger partial charge in [-0.05, 0) is 54.7 Å². The summed E-state index contributed by atoms with van der Waals surface area (Å²) in [5, 5.41) is 16.5. The lowest BCUT2D eigenvalue weighted by Crippen LogP contribution is -2.60. The number of sulfonamides is 1. The molecule has 0 aliphatic carbocycles. The minimum Gasteiger partial charge on any atom is -0.497 e. The van der Waals surface area contributed by atoms with Gasteiger partial charge in [0.25, 0.3) is 0 Å². The fraction of sp³-hybridized carbons (Fsp3) is 0.517. The number of likely N-dealkylation sites (tertiary alicyclic amines) is 1. The number of carbonyl (C=O) groups excluding carboxylic acids is 2. The second-order valence-corrected chi connectivity index (χ2v) is 12.8. The van der Waals surface area contributed by atoms with Gasteiger partial charge in [0.05, 0.1) is 19.8 Å². The van der Waals surface area contributed by atoms with Crippen molar-refractivity contribution in [2.75, 3.05) is 39.9 Å². The minimum atomic E-state index is -4.18. The average Bonchev–Trinajstić information content (AvgIpc) is 3.38. The van der Waals surface area contributed by atoms with Gasteiger partial charge in [-0.1, -0.05) is 25.1 Å². The molecule has 1 spiro atoms. The molecule has 0 aromatic heterocycles. The summed E-state index contributed by atoms with van der Waals surface area (Å²) in [5.74, 6) is 0.416. The van der Waals surface area contributed by atoms with Gasteiger partial charge in [-0.15, -0.1) is 0 Å². The molecule has 12 heteroatoms. The number of fused-ring (bicyclic) bond motifs is 2. The number of hydrogen-bond donors (Lipinski definition) is 3. The highest BCUT2D eigenvalue weighted by Crippen LogP contribution is 2.37. The van der Waals surface area contributed by atoms with Crippen LogP contribution >= 0.6 is 0 Å². The zero-order valence-corrected chi connectivity index (χ0v) is 24.3. The number of nitrogens with one attached hydrogen (secondary N) is 2. The Labute approximate surface area is 240 Å². The molecular weight excluding hydrogens is 548 g/mol. The SMILES string of the molecule is CCCNC(=O)N1CCC2(CCOc3cc(-c4cccc(OC)c4)ccc3S(=O)(=O)N3C[C@H](O)C[C@H]3C(=O)N2)CC1. The molecule has 2 fully saturated rings. The Balaban J connectivity index is 1.48. The highest BCUT2D eigenvalue weighted by Gasteiger charge is 2.47. The first-order valence-corrected chi connectivity index (χ1v) is 15.6. The number of piperidine rings is 1. The average molecular weight is 587 g/mol. The monoisotopic (exact) mass is 586 g/mol. The molecule has 0 radical (unpaired) electrons. The minimum absolute atomic E-state index is 0.00474. The highest BCUT2D eigenvalue weighted by atomic mass is 32.2. The first-order chi connectivity index (χ1) is 19.7. The van der Waals surface area contributed by atoms with Crippen molar-refractivity contribution in [2.45, 2.75) is 61.6 Å². The number of ether oxygens (including phenoxy) is 2. The van der Waals surface area contributed by atoms with Crippen molar-refractivity contribution in [3.8, 4) is 22.6 Å². The number of rotatable bonds is 4. The zero-order chi connectivity index (χ0) is 29.2. The van der Waals surface area contributed by atoms with Gasteiger partial charge in [0, 0.05) is 44.6 Å². The largest absolute Gasteiger partial charge is 0.497 e. The summed E-state index contributed by atoms with van der Waals surface area (Å²) in [5.41, 5.74) is 0.899. The summed E-state index contributed by atoms with van der Waals surface area (Å²) in [7, 11) is -2.60. The number of hydrogen-bond acceptors (Lipinski definition) is 7. The van der Waals surface area contributed by atoms with E-state index in [4.69, 9.17) is 9.47 Å². The van der Waals surface area contributed by atoms with Crippen LogP contribution in [0.5, 0.6) is 11.5 Å². The lowest BCUT2D eigenvalue weighted by atomic mass is 9.84. The Morgan fingerprint density at radius 1 is 1.17 bits per heavy atom. The lowest BCUT2D eigenvalue weighted by molar-refractivity contribution is -0.127. The maximum absolute atomic E-state index is 13.9. The Hall–Kier alpha value is -3.35. The van der Waals surface area contributed by atoms with Crippen molar-refractivity contribution in [2.24, 2.45) is 0 Å². The normalized spacial score (nSPS) is 23.9. The first-order valence-electron chi connectivity index (χ1n) is 14.1. The number of methoxy groups -OCH3 is 1. The molecule has 11 nitrogen and oxygen atoms in total. The fourth-order valence-corrected chi connectivity index (χ4v) is 7.60. The van der Waals surface area contributed by atoms with E-state index in [1.54, 1.807) is 24.1 Å². The van der Waals surface area contributed by atoms with Crippen molar-refractivity contribution in [1.29, 1.82) is 0 Å². The summed E-state index contributed by atoms with van der Waals surface area (Å²) in [6.45, 7) is 3.46. The second kappa shape index (κ2) is 11.9. The van der Waals surface area contributed by atoms with E-state index in [1.165, 1.54) is 6.07 Å². The number of nitrogens with zero attached hydrogens (tertiary/aromatic N) is 2. The van der Waals surface area contributed by atoms with Gasteiger partial charge in [0.2, 0.25) is 15.9 Å². The molecule has 0 bridgehead atoms. The molecule has 41 heavy (non-hydrogen) atoms. The molecule has 5 rings (SSSR count). The van der Waals surface area contributed by atoms with E-state index in [-0.39, 0.29) is 36.2 Å². The van der Waals surface area contributed by atoms with E-state index < -0.39 is 33.6 Å². The molecule has 3 amide bonds. The van der Waals surface area contributed by atoms with E-state index in [1.807, 2.05) is 31.2 Å². The van der Waals surface area contributed by atoms with Gasteiger partial charge in [-0.3, -0.25) is 4.79 Å². The predicted octanol–water partition coefficient (Wildman–Crippen LogP) is 2.34. The Morgan fingerprint density at radius 2 is 1.93 bits per heavy atom. The van der Waals surface area contributed by atoms with Crippen LogP contribution in [0, 0.1) is 0 Å². The first kappa shape index (κ1) is 29.2. The third-order valence-electron chi connectivity index (χ3n) is 8.23. The Kier molecular flexibility index (Phi) is 8.44. The van der Waals surface area contributed by atoms with Gasteiger partial charge in [0.15, 0.2) is 0 Å². The maximum atomic E-state index is 13.9. The summed E-state index contributed by atoms with van der Waals surface area (Å²) in [6.07, 6.45) is 1.31. The van der Waals surface area contributed by atoms with Gasteiger partial charge in [-0.2, -0.15) is 4.31 Å². The highest BCUT2D eigenvalue weighted by molar-refractivity contribution is 7.89. The molecule has 0 saturated carbocycles. The quantitative estimate of drug-likeness (QED) is 0.500. The smallest absolute Gasteiger partial charge is 0.317 e. The molecule has 2 saturated heterocycles. The maximum Gasteiger partial charge on any atom is 0.317 e. The molecule has 2 atom stereocenters.